The summed E-state index contributed by atoms with van der Waals surface area (Å²) in [6, 6.07) is 13.0. The largest absolute Gasteiger partial charge is 0.326 e. The molecule has 1 aromatic heterocycles. The maximum atomic E-state index is 12.3. The van der Waals surface area contributed by atoms with E-state index in [9.17, 15) is 4.79 Å². The van der Waals surface area contributed by atoms with E-state index in [1.54, 1.807) is 18.0 Å². The van der Waals surface area contributed by atoms with Crippen LogP contribution in [0.1, 0.15) is 21.7 Å². The second-order valence-electron chi connectivity index (χ2n) is 4.40. The van der Waals surface area contributed by atoms with Crippen LogP contribution in [0.25, 0.3) is 0 Å². The molecule has 0 saturated heterocycles. The summed E-state index contributed by atoms with van der Waals surface area (Å²) in [5.41, 5.74) is 8.69. The van der Waals surface area contributed by atoms with Crippen LogP contribution in [0.3, 0.4) is 0 Å². The second-order valence-corrected chi connectivity index (χ2v) is 4.40. The average molecular weight is 255 g/mol. The van der Waals surface area contributed by atoms with Crippen LogP contribution in [0.15, 0.2) is 42.5 Å². The molecule has 0 aliphatic carbocycles. The van der Waals surface area contributed by atoms with Crippen LogP contribution in [0.2, 0.25) is 0 Å². The Labute approximate surface area is 112 Å². The highest BCUT2D eigenvalue weighted by atomic mass is 16.2. The van der Waals surface area contributed by atoms with E-state index in [-0.39, 0.29) is 5.91 Å². The normalized spacial score (nSPS) is 10.3. The van der Waals surface area contributed by atoms with Gasteiger partial charge < -0.3 is 10.6 Å². The quantitative estimate of drug-likeness (QED) is 0.914. The fourth-order valence-corrected chi connectivity index (χ4v) is 1.84. The van der Waals surface area contributed by atoms with Gasteiger partial charge in [-0.15, -0.1) is 0 Å². The van der Waals surface area contributed by atoms with Gasteiger partial charge in [-0.05, 0) is 36.8 Å². The molecule has 4 heteroatoms. The molecule has 4 nitrogen and oxygen atoms in total. The van der Waals surface area contributed by atoms with Crippen molar-refractivity contribution in [2.75, 3.05) is 11.9 Å². The van der Waals surface area contributed by atoms with E-state index in [4.69, 9.17) is 5.73 Å². The van der Waals surface area contributed by atoms with Gasteiger partial charge in [-0.2, -0.15) is 0 Å². The van der Waals surface area contributed by atoms with E-state index in [1.165, 1.54) is 0 Å². The van der Waals surface area contributed by atoms with E-state index in [0.29, 0.717) is 12.2 Å². The maximum absolute atomic E-state index is 12.3. The van der Waals surface area contributed by atoms with Gasteiger partial charge >= 0.3 is 0 Å². The number of hydrogen-bond donors (Lipinski definition) is 1. The molecule has 1 aromatic carbocycles. The molecule has 98 valence electrons. The Hall–Kier alpha value is -2.20. The van der Waals surface area contributed by atoms with Crippen LogP contribution >= 0.6 is 0 Å². The molecular formula is C15H17N3O. The molecule has 0 fully saturated rings. The zero-order valence-corrected chi connectivity index (χ0v) is 11.1. The minimum atomic E-state index is -0.127. The van der Waals surface area contributed by atoms with Crippen molar-refractivity contribution in [1.82, 2.24) is 4.98 Å². The minimum Gasteiger partial charge on any atom is -0.326 e. The summed E-state index contributed by atoms with van der Waals surface area (Å²) in [5, 5.41) is 0. The van der Waals surface area contributed by atoms with Gasteiger partial charge in [0.1, 0.15) is 5.69 Å². The number of nitrogens with two attached hydrogens (primary N) is 1. The van der Waals surface area contributed by atoms with Gasteiger partial charge in [-0.1, -0.05) is 18.2 Å². The number of nitrogens with zero attached hydrogens (tertiary/aromatic N) is 2. The average Bonchev–Trinajstić information content (AvgIpc) is 2.45. The molecule has 2 N–H and O–H groups in total. The Kier molecular flexibility index (Phi) is 3.92. The topological polar surface area (TPSA) is 59.2 Å². The molecule has 0 spiro atoms. The van der Waals surface area contributed by atoms with Crippen molar-refractivity contribution in [2.24, 2.45) is 5.73 Å². The van der Waals surface area contributed by atoms with Gasteiger partial charge in [0, 0.05) is 25.0 Å². The third-order valence-electron chi connectivity index (χ3n) is 2.95. The van der Waals surface area contributed by atoms with Crippen LogP contribution in [-0.2, 0) is 6.54 Å². The lowest BCUT2D eigenvalue weighted by Crippen LogP contribution is -2.27. The van der Waals surface area contributed by atoms with Crippen molar-refractivity contribution in [1.29, 1.82) is 0 Å². The highest BCUT2D eigenvalue weighted by Gasteiger charge is 2.14. The number of benzene rings is 1. The fraction of sp³-hybridized carbons (Fsp3) is 0.200. The summed E-state index contributed by atoms with van der Waals surface area (Å²) < 4.78 is 0. The molecule has 0 aliphatic rings. The third kappa shape index (κ3) is 2.98. The SMILES string of the molecule is Cc1cccc(C(=O)N(C)c2cccc(CN)c2)n1. The maximum Gasteiger partial charge on any atom is 0.276 e. The number of carbonyl (C=O) groups is 1. The van der Waals surface area contributed by atoms with Crippen molar-refractivity contribution in [3.05, 3.63) is 59.4 Å². The zero-order chi connectivity index (χ0) is 13.8. The summed E-state index contributed by atoms with van der Waals surface area (Å²) in [4.78, 5) is 18.2. The Morgan fingerprint density at radius 3 is 2.68 bits per heavy atom. The molecule has 0 unspecified atom stereocenters. The molecule has 0 bridgehead atoms. The first kappa shape index (κ1) is 13.2. The van der Waals surface area contributed by atoms with Crippen molar-refractivity contribution in [3.8, 4) is 0 Å². The number of carbonyl (C=O) groups excluding carboxylic acids is 1. The van der Waals surface area contributed by atoms with Gasteiger partial charge in [0.2, 0.25) is 0 Å². The summed E-state index contributed by atoms with van der Waals surface area (Å²) >= 11 is 0. The molecular weight excluding hydrogens is 238 g/mol. The van der Waals surface area contributed by atoms with Crippen molar-refractivity contribution in [3.63, 3.8) is 0 Å². The number of amides is 1. The Morgan fingerprint density at radius 1 is 1.26 bits per heavy atom. The van der Waals surface area contributed by atoms with Gasteiger partial charge in [0.15, 0.2) is 0 Å². The summed E-state index contributed by atoms with van der Waals surface area (Å²) in [6.07, 6.45) is 0. The van der Waals surface area contributed by atoms with Crippen molar-refractivity contribution >= 4 is 11.6 Å². The van der Waals surface area contributed by atoms with Crippen LogP contribution in [0, 0.1) is 6.92 Å². The second kappa shape index (κ2) is 5.63. The van der Waals surface area contributed by atoms with E-state index >= 15 is 0 Å². The number of rotatable bonds is 3. The smallest absolute Gasteiger partial charge is 0.276 e. The van der Waals surface area contributed by atoms with E-state index < -0.39 is 0 Å². The van der Waals surface area contributed by atoms with Crippen molar-refractivity contribution < 1.29 is 4.79 Å². The Balaban J connectivity index is 2.28. The van der Waals surface area contributed by atoms with Crippen LogP contribution in [-0.4, -0.2) is 17.9 Å². The standard InChI is InChI=1S/C15H17N3O/c1-11-5-3-8-14(17-11)15(19)18(2)13-7-4-6-12(9-13)10-16/h3-9H,10,16H2,1-2H3. The molecule has 0 aliphatic heterocycles. The molecule has 0 radical (unpaired) electrons. The highest BCUT2D eigenvalue weighted by molar-refractivity contribution is 6.04. The predicted molar refractivity (Wildman–Crippen MR) is 76.0 cm³/mol. The first-order valence-electron chi connectivity index (χ1n) is 6.12. The van der Waals surface area contributed by atoms with Gasteiger partial charge in [-0.3, -0.25) is 4.79 Å². The van der Waals surface area contributed by atoms with E-state index in [2.05, 4.69) is 4.98 Å². The molecule has 0 saturated carbocycles. The minimum absolute atomic E-state index is 0.127. The van der Waals surface area contributed by atoms with Gasteiger partial charge in [0.25, 0.3) is 5.91 Å². The first-order valence-corrected chi connectivity index (χ1v) is 6.12. The Morgan fingerprint density at radius 2 is 2.00 bits per heavy atom. The lowest BCUT2D eigenvalue weighted by Gasteiger charge is -2.17. The summed E-state index contributed by atoms with van der Waals surface area (Å²) in [6.45, 7) is 2.32. The number of hydrogen-bond acceptors (Lipinski definition) is 3. The number of pyridine rings is 1. The van der Waals surface area contributed by atoms with Crippen molar-refractivity contribution in [2.45, 2.75) is 13.5 Å². The Bertz CT molecular complexity index is 595. The molecule has 1 heterocycles. The van der Waals surface area contributed by atoms with Gasteiger partial charge in [0.05, 0.1) is 0 Å². The number of aromatic nitrogens is 1. The molecule has 1 amide bonds. The summed E-state index contributed by atoms with van der Waals surface area (Å²) in [7, 11) is 1.74. The van der Waals surface area contributed by atoms with E-state index in [0.717, 1.165) is 16.9 Å². The van der Waals surface area contributed by atoms with Crippen LogP contribution in [0.5, 0.6) is 0 Å². The molecule has 2 aromatic rings. The molecule has 19 heavy (non-hydrogen) atoms. The summed E-state index contributed by atoms with van der Waals surface area (Å²) in [5.74, 6) is -0.127. The lowest BCUT2D eigenvalue weighted by atomic mass is 10.2. The number of aryl methyl sites for hydroxylation is 1. The predicted octanol–water partition coefficient (Wildman–Crippen LogP) is 2.13. The molecule has 2 rings (SSSR count). The monoisotopic (exact) mass is 255 g/mol. The fourth-order valence-electron chi connectivity index (χ4n) is 1.84. The lowest BCUT2D eigenvalue weighted by molar-refractivity contribution is 0.0988. The highest BCUT2D eigenvalue weighted by Crippen LogP contribution is 2.16. The van der Waals surface area contributed by atoms with Crippen LogP contribution < -0.4 is 10.6 Å². The first-order chi connectivity index (χ1) is 9.11. The third-order valence-corrected chi connectivity index (χ3v) is 2.95. The number of anilines is 1. The van der Waals surface area contributed by atoms with E-state index in [1.807, 2.05) is 43.3 Å². The zero-order valence-electron chi connectivity index (χ0n) is 11.1. The van der Waals surface area contributed by atoms with Crippen LogP contribution in [0.4, 0.5) is 5.69 Å². The van der Waals surface area contributed by atoms with Gasteiger partial charge in [-0.25, -0.2) is 4.98 Å². The molecule has 0 atom stereocenters.